The fraction of sp³-hybridized carbons (Fsp3) is 0.655. The Balaban J connectivity index is 0.000000284. The smallest absolute Gasteiger partial charge is 0.330 e. The van der Waals surface area contributed by atoms with Crippen molar-refractivity contribution in [3.8, 4) is 0 Å². The quantitative estimate of drug-likeness (QED) is 0.455. The third-order valence-corrected chi connectivity index (χ3v) is 6.99. The van der Waals surface area contributed by atoms with Crippen LogP contribution in [0.5, 0.6) is 0 Å². The van der Waals surface area contributed by atoms with Crippen LogP contribution < -0.4 is 5.32 Å². The molecule has 2 aliphatic rings. The maximum Gasteiger partial charge on any atom is 0.330 e. The third-order valence-electron chi connectivity index (χ3n) is 6.99. The largest absolute Gasteiger partial charge is 0.462 e. The molecule has 1 aromatic carbocycles. The number of likely N-dealkylation sites (tertiary alicyclic amines) is 1. The van der Waals surface area contributed by atoms with Crippen LogP contribution in [0.25, 0.3) is 0 Å². The summed E-state index contributed by atoms with van der Waals surface area (Å²) in [5.41, 5.74) is 0.161. The van der Waals surface area contributed by atoms with Crippen molar-refractivity contribution in [1.29, 1.82) is 0 Å². The highest BCUT2D eigenvalue weighted by Crippen LogP contribution is 2.33. The van der Waals surface area contributed by atoms with Gasteiger partial charge in [0.1, 0.15) is 12.2 Å². The van der Waals surface area contributed by atoms with Crippen LogP contribution in [0.4, 0.5) is 0 Å². The highest BCUT2D eigenvalue weighted by Gasteiger charge is 2.41. The molecule has 3 rings (SSSR count). The number of rotatable bonds is 3. The molecule has 2 fully saturated rings. The van der Waals surface area contributed by atoms with E-state index in [9.17, 15) is 9.59 Å². The second kappa shape index (κ2) is 13.2. The maximum absolute atomic E-state index is 11.2. The first-order chi connectivity index (χ1) is 16.1. The summed E-state index contributed by atoms with van der Waals surface area (Å²) in [4.78, 5) is 24.4. The lowest BCUT2D eigenvalue weighted by Gasteiger charge is -2.48. The maximum atomic E-state index is 11.2. The molecule has 1 N–H and O–H groups in total. The Morgan fingerprint density at radius 2 is 1.40 bits per heavy atom. The summed E-state index contributed by atoms with van der Waals surface area (Å²) in [5.74, 6) is -0.157. The van der Waals surface area contributed by atoms with Crippen LogP contribution in [-0.4, -0.2) is 59.3 Å². The summed E-state index contributed by atoms with van der Waals surface area (Å²) >= 11 is 0. The molecule has 0 bridgehead atoms. The molecule has 0 saturated carbocycles. The van der Waals surface area contributed by atoms with Crippen LogP contribution >= 0.6 is 0 Å². The van der Waals surface area contributed by atoms with E-state index in [0.717, 1.165) is 25.8 Å². The normalized spacial score (nSPS) is 24.9. The summed E-state index contributed by atoms with van der Waals surface area (Å²) < 4.78 is 10.6. The molecule has 0 aromatic heterocycles. The average Bonchev–Trinajstić information content (AvgIpc) is 2.74. The van der Waals surface area contributed by atoms with Crippen molar-refractivity contribution < 1.29 is 19.1 Å². The highest BCUT2D eigenvalue weighted by atomic mass is 16.5. The zero-order chi connectivity index (χ0) is 26.9. The van der Waals surface area contributed by atoms with Gasteiger partial charge in [-0.15, -0.1) is 0 Å². The summed E-state index contributed by atoms with van der Waals surface area (Å²) in [7, 11) is 2.11. The first-order valence-electron chi connectivity index (χ1n) is 12.6. The molecular formula is C29H48N2O4. The molecule has 0 spiro atoms. The van der Waals surface area contributed by atoms with Crippen LogP contribution in [0.3, 0.4) is 0 Å². The van der Waals surface area contributed by atoms with Gasteiger partial charge in [-0.2, -0.15) is 0 Å². The van der Waals surface area contributed by atoms with E-state index in [4.69, 9.17) is 9.47 Å². The molecule has 2 aliphatic heterocycles. The molecule has 2 saturated heterocycles. The molecule has 2 unspecified atom stereocenters. The van der Waals surface area contributed by atoms with Crippen LogP contribution in [0.15, 0.2) is 49.1 Å². The lowest BCUT2D eigenvalue weighted by molar-refractivity contribution is -0.153. The first kappa shape index (κ1) is 30.9. The van der Waals surface area contributed by atoms with E-state index in [0.29, 0.717) is 5.92 Å². The van der Waals surface area contributed by atoms with Crippen molar-refractivity contribution in [3.63, 3.8) is 0 Å². The number of carbonyl (C=O) groups excluding carboxylic acids is 2. The fourth-order valence-corrected chi connectivity index (χ4v) is 4.95. The van der Waals surface area contributed by atoms with E-state index in [1.165, 1.54) is 13.0 Å². The number of esters is 2. The van der Waals surface area contributed by atoms with Crippen molar-refractivity contribution in [2.75, 3.05) is 13.6 Å². The van der Waals surface area contributed by atoms with E-state index in [1.807, 2.05) is 36.4 Å². The Hall–Kier alpha value is -2.18. The molecule has 35 heavy (non-hydrogen) atoms. The minimum absolute atomic E-state index is 0.0155. The summed E-state index contributed by atoms with van der Waals surface area (Å²) in [6, 6.07) is 12.0. The van der Waals surface area contributed by atoms with Gasteiger partial charge < -0.3 is 19.7 Å². The molecule has 6 nitrogen and oxygen atoms in total. The van der Waals surface area contributed by atoms with Crippen molar-refractivity contribution in [1.82, 2.24) is 10.2 Å². The molecular weight excluding hydrogens is 440 g/mol. The minimum atomic E-state index is -0.313. The van der Waals surface area contributed by atoms with Crippen molar-refractivity contribution in [3.05, 3.63) is 49.1 Å². The van der Waals surface area contributed by atoms with E-state index in [2.05, 4.69) is 72.3 Å². The van der Waals surface area contributed by atoms with Crippen molar-refractivity contribution >= 4 is 11.9 Å². The molecule has 0 aliphatic carbocycles. The zero-order valence-electron chi connectivity index (χ0n) is 23.4. The molecule has 0 radical (unpaired) electrons. The summed E-state index contributed by atoms with van der Waals surface area (Å²) in [6.45, 7) is 20.9. The van der Waals surface area contributed by atoms with Crippen molar-refractivity contribution in [2.45, 2.75) is 103 Å². The van der Waals surface area contributed by atoms with E-state index < -0.39 is 0 Å². The van der Waals surface area contributed by atoms with Gasteiger partial charge in [-0.25, -0.2) is 4.79 Å². The van der Waals surface area contributed by atoms with Gasteiger partial charge in [-0.05, 0) is 55.0 Å². The van der Waals surface area contributed by atoms with Crippen LogP contribution in [-0.2, 0) is 19.1 Å². The second-order valence-corrected chi connectivity index (χ2v) is 11.5. The SMILES string of the molecule is C=CC(=O)OC1CCN(C)C(C)(C)C1C.CC(=O)OC1CC(C)(C)NC(C)(C)C1.c1ccccc1. The summed E-state index contributed by atoms with van der Waals surface area (Å²) in [5, 5.41) is 3.54. The Labute approximate surface area is 213 Å². The summed E-state index contributed by atoms with van der Waals surface area (Å²) in [6.07, 6.45) is 3.98. The number of hydrogen-bond acceptors (Lipinski definition) is 6. The number of piperidine rings is 2. The van der Waals surface area contributed by atoms with Gasteiger partial charge in [0.25, 0.3) is 0 Å². The number of nitrogens with zero attached hydrogens (tertiary/aromatic N) is 1. The Kier molecular flexibility index (Phi) is 11.7. The van der Waals surface area contributed by atoms with Gasteiger partial charge >= 0.3 is 11.9 Å². The van der Waals surface area contributed by atoms with Crippen LogP contribution in [0, 0.1) is 5.92 Å². The average molecular weight is 489 g/mol. The molecule has 198 valence electrons. The number of carbonyl (C=O) groups is 2. The molecule has 2 heterocycles. The molecule has 0 amide bonds. The Bertz CT molecular complexity index is 761. The number of benzene rings is 1. The number of nitrogens with one attached hydrogen (secondary N) is 1. The lowest BCUT2D eigenvalue weighted by Crippen LogP contribution is -2.59. The minimum Gasteiger partial charge on any atom is -0.462 e. The zero-order valence-corrected chi connectivity index (χ0v) is 23.4. The van der Waals surface area contributed by atoms with Crippen LogP contribution in [0.1, 0.15) is 74.7 Å². The van der Waals surface area contributed by atoms with Gasteiger partial charge in [0.15, 0.2) is 0 Å². The van der Waals surface area contributed by atoms with Gasteiger partial charge in [-0.3, -0.25) is 4.79 Å². The number of ether oxygens (including phenoxy) is 2. The van der Waals surface area contributed by atoms with Gasteiger partial charge in [0.2, 0.25) is 0 Å². The fourth-order valence-electron chi connectivity index (χ4n) is 4.95. The number of hydrogen-bond donors (Lipinski definition) is 1. The standard InChI is InChI=1S/C12H21NO2.C11H21NO2.C6H6/c1-6-11(14)15-10-7-8-13(5)12(3,4)9(10)2;1-8(13)14-9-6-10(2,3)12-11(4,5)7-9;1-2-4-6-5-3-1/h6,9-10H,1,7-8H2,2-5H3;9,12H,6-7H2,1-5H3;1-6H. The molecule has 6 heteroatoms. The third kappa shape index (κ3) is 11.0. The van der Waals surface area contributed by atoms with Gasteiger partial charge in [0.05, 0.1) is 0 Å². The Morgan fingerprint density at radius 3 is 1.80 bits per heavy atom. The van der Waals surface area contributed by atoms with E-state index in [-0.39, 0.29) is 40.8 Å². The van der Waals surface area contributed by atoms with E-state index >= 15 is 0 Å². The lowest BCUT2D eigenvalue weighted by atomic mass is 9.79. The van der Waals surface area contributed by atoms with Gasteiger partial charge in [0, 0.05) is 54.9 Å². The molecule has 1 aromatic rings. The predicted octanol–water partition coefficient (Wildman–Crippen LogP) is 5.38. The highest BCUT2D eigenvalue weighted by molar-refractivity contribution is 5.81. The van der Waals surface area contributed by atoms with E-state index in [1.54, 1.807) is 0 Å². The monoisotopic (exact) mass is 488 g/mol. The Morgan fingerprint density at radius 1 is 0.943 bits per heavy atom. The van der Waals surface area contributed by atoms with Crippen molar-refractivity contribution in [2.24, 2.45) is 5.92 Å². The predicted molar refractivity (Wildman–Crippen MR) is 143 cm³/mol. The second-order valence-electron chi connectivity index (χ2n) is 11.5. The topological polar surface area (TPSA) is 67.9 Å². The molecule has 2 atom stereocenters. The van der Waals surface area contributed by atoms with Gasteiger partial charge in [-0.1, -0.05) is 49.9 Å². The first-order valence-corrected chi connectivity index (χ1v) is 12.6. The van der Waals surface area contributed by atoms with Crippen LogP contribution in [0.2, 0.25) is 0 Å².